The van der Waals surface area contributed by atoms with Crippen LogP contribution in [0.1, 0.15) is 6.92 Å². The van der Waals surface area contributed by atoms with Gasteiger partial charge >= 0.3 is 0 Å². The number of nitrogens with one attached hydrogen (secondary N) is 1. The summed E-state index contributed by atoms with van der Waals surface area (Å²) in [5, 5.41) is 21.2. The molecule has 3 N–H and O–H groups in total. The number of aliphatic hydroxyl groups is 2. The molecule has 0 aromatic rings. The quantitative estimate of drug-likeness (QED) is 0.545. The number of aliphatic hydroxyl groups excluding tert-OH is 2. The normalized spacial score (nSPS) is 37.8. The lowest BCUT2D eigenvalue weighted by atomic mass is 9.97. The third kappa shape index (κ3) is 3.14. The van der Waals surface area contributed by atoms with Crippen molar-refractivity contribution in [2.75, 3.05) is 20.8 Å². The predicted octanol–water partition coefficient (Wildman–Crippen LogP) is -1.77. The first kappa shape index (κ1) is 14.3. The SMILES string of the molecule is COC1OC(C)C(NC(=O)CO)C(O)C1OC. The van der Waals surface area contributed by atoms with Crippen LogP contribution >= 0.6 is 0 Å². The summed E-state index contributed by atoms with van der Waals surface area (Å²) in [6.07, 6.45) is -2.80. The van der Waals surface area contributed by atoms with E-state index in [1.165, 1.54) is 14.2 Å². The molecule has 0 aromatic heterocycles. The molecule has 0 radical (unpaired) electrons. The third-order valence-electron chi connectivity index (χ3n) is 2.80. The molecule has 1 heterocycles. The van der Waals surface area contributed by atoms with E-state index in [1.807, 2.05) is 0 Å². The Morgan fingerprint density at radius 1 is 1.41 bits per heavy atom. The van der Waals surface area contributed by atoms with Gasteiger partial charge in [-0.2, -0.15) is 0 Å². The largest absolute Gasteiger partial charge is 0.388 e. The third-order valence-corrected chi connectivity index (χ3v) is 2.80. The minimum atomic E-state index is -0.968. The average molecular weight is 249 g/mol. The van der Waals surface area contributed by atoms with Gasteiger partial charge in [0.25, 0.3) is 0 Å². The molecule has 1 amide bonds. The summed E-state index contributed by atoms with van der Waals surface area (Å²) in [6, 6.07) is -0.647. The lowest BCUT2D eigenvalue weighted by Crippen LogP contribution is -2.63. The lowest BCUT2D eigenvalue weighted by Gasteiger charge is -2.42. The molecule has 17 heavy (non-hydrogen) atoms. The van der Waals surface area contributed by atoms with Gasteiger partial charge in [-0.1, -0.05) is 0 Å². The second kappa shape index (κ2) is 6.27. The molecule has 7 nitrogen and oxygen atoms in total. The number of ether oxygens (including phenoxy) is 3. The molecule has 5 unspecified atom stereocenters. The van der Waals surface area contributed by atoms with E-state index in [-0.39, 0.29) is 0 Å². The highest BCUT2D eigenvalue weighted by molar-refractivity contribution is 5.77. The first-order valence-corrected chi connectivity index (χ1v) is 5.34. The van der Waals surface area contributed by atoms with Crippen molar-refractivity contribution < 1.29 is 29.2 Å². The topological polar surface area (TPSA) is 97.3 Å². The molecule has 1 fully saturated rings. The number of carbonyl (C=O) groups excluding carboxylic acids is 1. The number of amides is 1. The lowest BCUT2D eigenvalue weighted by molar-refractivity contribution is -0.269. The van der Waals surface area contributed by atoms with Crippen molar-refractivity contribution in [3.63, 3.8) is 0 Å². The molecule has 100 valence electrons. The average Bonchev–Trinajstić information content (AvgIpc) is 2.33. The van der Waals surface area contributed by atoms with E-state index in [1.54, 1.807) is 6.92 Å². The van der Waals surface area contributed by atoms with Crippen LogP contribution in [0.2, 0.25) is 0 Å². The van der Waals surface area contributed by atoms with Gasteiger partial charge in [-0.15, -0.1) is 0 Å². The van der Waals surface area contributed by atoms with Crippen LogP contribution in [0.5, 0.6) is 0 Å². The van der Waals surface area contributed by atoms with Gasteiger partial charge in [0, 0.05) is 14.2 Å². The summed E-state index contributed by atoms with van der Waals surface area (Å²) in [7, 11) is 2.87. The number of hydrogen-bond acceptors (Lipinski definition) is 6. The number of hydrogen-bond donors (Lipinski definition) is 3. The maximum atomic E-state index is 11.1. The molecule has 0 spiro atoms. The molecule has 1 rings (SSSR count). The Kier molecular flexibility index (Phi) is 5.29. The Hall–Kier alpha value is -0.730. The van der Waals surface area contributed by atoms with E-state index < -0.39 is 43.2 Å². The summed E-state index contributed by atoms with van der Waals surface area (Å²) >= 11 is 0. The van der Waals surface area contributed by atoms with Gasteiger partial charge in [0.2, 0.25) is 5.91 Å². The number of methoxy groups -OCH3 is 2. The smallest absolute Gasteiger partial charge is 0.246 e. The zero-order chi connectivity index (χ0) is 13.0. The Morgan fingerprint density at radius 2 is 2.06 bits per heavy atom. The maximum Gasteiger partial charge on any atom is 0.246 e. The molecular formula is C10H19NO6. The molecule has 7 heteroatoms. The van der Waals surface area contributed by atoms with Crippen LogP contribution < -0.4 is 5.32 Å². The Balaban J connectivity index is 2.74. The Labute approximate surface area is 99.7 Å². The van der Waals surface area contributed by atoms with Crippen molar-refractivity contribution in [2.24, 2.45) is 0 Å². The molecule has 0 aromatic carbocycles. The summed E-state index contributed by atoms with van der Waals surface area (Å²) in [6.45, 7) is 1.06. The van der Waals surface area contributed by atoms with E-state index >= 15 is 0 Å². The molecule has 1 aliphatic rings. The predicted molar refractivity (Wildman–Crippen MR) is 57.2 cm³/mol. The van der Waals surface area contributed by atoms with Crippen molar-refractivity contribution in [3.05, 3.63) is 0 Å². The summed E-state index contributed by atoms with van der Waals surface area (Å²) < 4.78 is 15.6. The van der Waals surface area contributed by atoms with E-state index in [9.17, 15) is 9.90 Å². The monoisotopic (exact) mass is 249 g/mol. The van der Waals surface area contributed by atoms with Crippen molar-refractivity contribution in [3.8, 4) is 0 Å². The van der Waals surface area contributed by atoms with E-state index in [4.69, 9.17) is 19.3 Å². The van der Waals surface area contributed by atoms with Crippen LogP contribution in [-0.4, -0.2) is 67.6 Å². The minimum absolute atomic E-state index is 0.447. The minimum Gasteiger partial charge on any atom is -0.388 e. The zero-order valence-corrected chi connectivity index (χ0v) is 10.1. The fourth-order valence-corrected chi connectivity index (χ4v) is 1.89. The van der Waals surface area contributed by atoms with Gasteiger partial charge in [-0.3, -0.25) is 4.79 Å². The molecule has 0 aliphatic carbocycles. The van der Waals surface area contributed by atoms with Gasteiger partial charge in [0.15, 0.2) is 6.29 Å². The van der Waals surface area contributed by atoms with Crippen molar-refractivity contribution >= 4 is 5.91 Å². The highest BCUT2D eigenvalue weighted by Gasteiger charge is 2.44. The highest BCUT2D eigenvalue weighted by Crippen LogP contribution is 2.23. The first-order chi connectivity index (χ1) is 8.04. The molecular weight excluding hydrogens is 230 g/mol. The molecule has 0 saturated carbocycles. The van der Waals surface area contributed by atoms with Gasteiger partial charge in [-0.25, -0.2) is 0 Å². The van der Waals surface area contributed by atoms with Crippen LogP contribution in [0, 0.1) is 0 Å². The highest BCUT2D eigenvalue weighted by atomic mass is 16.7. The maximum absolute atomic E-state index is 11.1. The second-order valence-corrected chi connectivity index (χ2v) is 3.89. The van der Waals surface area contributed by atoms with Crippen molar-refractivity contribution in [1.82, 2.24) is 5.32 Å². The molecule has 5 atom stereocenters. The van der Waals surface area contributed by atoms with Crippen LogP contribution in [-0.2, 0) is 19.0 Å². The summed E-state index contributed by atoms with van der Waals surface area (Å²) in [4.78, 5) is 11.1. The van der Waals surface area contributed by atoms with Crippen molar-refractivity contribution in [2.45, 2.75) is 37.6 Å². The van der Waals surface area contributed by atoms with Gasteiger partial charge < -0.3 is 29.7 Å². The van der Waals surface area contributed by atoms with E-state index in [0.717, 1.165) is 0 Å². The van der Waals surface area contributed by atoms with Gasteiger partial charge in [0.1, 0.15) is 18.8 Å². The van der Waals surface area contributed by atoms with Crippen LogP contribution in [0.3, 0.4) is 0 Å². The number of rotatable bonds is 4. The van der Waals surface area contributed by atoms with Crippen molar-refractivity contribution in [1.29, 1.82) is 0 Å². The summed E-state index contributed by atoms with van der Waals surface area (Å²) in [5.74, 6) is -0.574. The first-order valence-electron chi connectivity index (χ1n) is 5.34. The fraction of sp³-hybridized carbons (Fsp3) is 0.900. The molecule has 1 aliphatic heterocycles. The Bertz CT molecular complexity index is 261. The second-order valence-electron chi connectivity index (χ2n) is 3.89. The van der Waals surface area contributed by atoms with Crippen LogP contribution in [0.25, 0.3) is 0 Å². The number of carbonyl (C=O) groups is 1. The van der Waals surface area contributed by atoms with Gasteiger partial charge in [-0.05, 0) is 6.92 Å². The summed E-state index contributed by atoms with van der Waals surface area (Å²) in [5.41, 5.74) is 0. The molecule has 0 bridgehead atoms. The molecule has 1 saturated heterocycles. The van der Waals surface area contributed by atoms with Crippen LogP contribution in [0.4, 0.5) is 0 Å². The standard InChI is InChI=1S/C10H19NO6/c1-5-7(11-6(13)4-12)8(14)9(15-2)10(16-3)17-5/h5,7-10,12,14H,4H2,1-3H3,(H,11,13). The van der Waals surface area contributed by atoms with Crippen LogP contribution in [0.15, 0.2) is 0 Å². The zero-order valence-electron chi connectivity index (χ0n) is 10.1. The van der Waals surface area contributed by atoms with Gasteiger partial charge in [0.05, 0.1) is 12.1 Å². The fourth-order valence-electron chi connectivity index (χ4n) is 1.89. The Morgan fingerprint density at radius 3 is 2.53 bits per heavy atom. The van der Waals surface area contributed by atoms with E-state index in [0.29, 0.717) is 0 Å². The van der Waals surface area contributed by atoms with E-state index in [2.05, 4.69) is 5.32 Å².